The summed E-state index contributed by atoms with van der Waals surface area (Å²) in [6.07, 6.45) is 4.55. The van der Waals surface area contributed by atoms with Gasteiger partial charge >= 0.3 is 0 Å². The van der Waals surface area contributed by atoms with E-state index in [1.165, 1.54) is 0 Å². The predicted octanol–water partition coefficient (Wildman–Crippen LogP) is 1.85. The number of nitrogens with two attached hydrogens (primary N) is 1. The number of rotatable bonds is 4. The summed E-state index contributed by atoms with van der Waals surface area (Å²) >= 11 is 0. The molecule has 4 heteroatoms. The Labute approximate surface area is 104 Å². The predicted molar refractivity (Wildman–Crippen MR) is 72.1 cm³/mol. The van der Waals surface area contributed by atoms with Crippen LogP contribution < -0.4 is 10.6 Å². The van der Waals surface area contributed by atoms with Crippen molar-refractivity contribution in [3.05, 3.63) is 18.0 Å². The highest BCUT2D eigenvalue weighted by molar-refractivity contribution is 5.28. The summed E-state index contributed by atoms with van der Waals surface area (Å²) in [5, 5.41) is 0. The second-order valence-corrected chi connectivity index (χ2v) is 5.99. The van der Waals surface area contributed by atoms with Crippen molar-refractivity contribution in [2.24, 2.45) is 11.1 Å². The van der Waals surface area contributed by atoms with E-state index in [0.717, 1.165) is 24.5 Å². The standard InChI is InChI=1S/C13H24N4/c1-10(14)6-11-7-15-12(16-8-11)17(5)9-13(2,3)4/h7-8,10H,6,9,14H2,1-5H3. The van der Waals surface area contributed by atoms with Crippen molar-refractivity contribution >= 4 is 5.95 Å². The fourth-order valence-corrected chi connectivity index (χ4v) is 1.80. The molecule has 1 aromatic heterocycles. The van der Waals surface area contributed by atoms with Gasteiger partial charge in [0.25, 0.3) is 0 Å². The van der Waals surface area contributed by atoms with Crippen LogP contribution in [0.5, 0.6) is 0 Å². The number of hydrogen-bond donors (Lipinski definition) is 1. The number of hydrogen-bond acceptors (Lipinski definition) is 4. The lowest BCUT2D eigenvalue weighted by Crippen LogP contribution is -2.30. The fraction of sp³-hybridized carbons (Fsp3) is 0.692. The number of aromatic nitrogens is 2. The monoisotopic (exact) mass is 236 g/mol. The summed E-state index contributed by atoms with van der Waals surface area (Å²) < 4.78 is 0. The normalized spacial score (nSPS) is 13.5. The highest BCUT2D eigenvalue weighted by atomic mass is 15.2. The molecule has 4 nitrogen and oxygen atoms in total. The van der Waals surface area contributed by atoms with E-state index in [0.29, 0.717) is 0 Å². The van der Waals surface area contributed by atoms with Gasteiger partial charge in [-0.2, -0.15) is 0 Å². The van der Waals surface area contributed by atoms with Gasteiger partial charge in [-0.25, -0.2) is 9.97 Å². The average molecular weight is 236 g/mol. The van der Waals surface area contributed by atoms with Crippen molar-refractivity contribution < 1.29 is 0 Å². The van der Waals surface area contributed by atoms with Crippen molar-refractivity contribution in [2.75, 3.05) is 18.5 Å². The first-order valence-corrected chi connectivity index (χ1v) is 6.05. The molecule has 0 amide bonds. The molecule has 96 valence electrons. The van der Waals surface area contributed by atoms with Crippen LogP contribution in [-0.2, 0) is 6.42 Å². The lowest BCUT2D eigenvalue weighted by molar-refractivity contribution is 0.416. The van der Waals surface area contributed by atoms with E-state index in [2.05, 4.69) is 35.6 Å². The molecule has 0 saturated carbocycles. The molecule has 0 aliphatic carbocycles. The van der Waals surface area contributed by atoms with Crippen molar-refractivity contribution in [1.82, 2.24) is 9.97 Å². The fourth-order valence-electron chi connectivity index (χ4n) is 1.80. The van der Waals surface area contributed by atoms with Crippen molar-refractivity contribution in [2.45, 2.75) is 40.2 Å². The Balaban J connectivity index is 2.67. The second-order valence-electron chi connectivity index (χ2n) is 5.99. The third kappa shape index (κ3) is 5.13. The molecule has 0 aliphatic heterocycles. The third-order valence-electron chi connectivity index (χ3n) is 2.30. The molecule has 0 aliphatic rings. The zero-order valence-electron chi connectivity index (χ0n) is 11.6. The largest absolute Gasteiger partial charge is 0.343 e. The molecule has 0 aromatic carbocycles. The van der Waals surface area contributed by atoms with Gasteiger partial charge in [0.2, 0.25) is 5.95 Å². The highest BCUT2D eigenvalue weighted by Crippen LogP contribution is 2.17. The van der Waals surface area contributed by atoms with Crippen molar-refractivity contribution in [3.63, 3.8) is 0 Å². The van der Waals surface area contributed by atoms with Gasteiger partial charge < -0.3 is 10.6 Å². The summed E-state index contributed by atoms with van der Waals surface area (Å²) in [5.74, 6) is 0.772. The first-order valence-electron chi connectivity index (χ1n) is 6.05. The summed E-state index contributed by atoms with van der Waals surface area (Å²) in [4.78, 5) is 10.8. The van der Waals surface area contributed by atoms with Gasteiger partial charge in [-0.1, -0.05) is 20.8 Å². The third-order valence-corrected chi connectivity index (χ3v) is 2.30. The Bertz CT molecular complexity index is 337. The average Bonchev–Trinajstić information content (AvgIpc) is 2.15. The Morgan fingerprint density at radius 1 is 1.29 bits per heavy atom. The van der Waals surface area contributed by atoms with E-state index in [9.17, 15) is 0 Å². The first kappa shape index (κ1) is 13.9. The van der Waals surface area contributed by atoms with Crippen LogP contribution in [0, 0.1) is 5.41 Å². The molecule has 2 N–H and O–H groups in total. The Hall–Kier alpha value is -1.16. The van der Waals surface area contributed by atoms with Crippen LogP contribution in [0.1, 0.15) is 33.3 Å². The van der Waals surface area contributed by atoms with Crippen LogP contribution >= 0.6 is 0 Å². The Kier molecular flexibility index (Phi) is 4.46. The van der Waals surface area contributed by atoms with Gasteiger partial charge in [0.15, 0.2) is 0 Å². The summed E-state index contributed by atoms with van der Waals surface area (Å²) in [7, 11) is 2.02. The zero-order chi connectivity index (χ0) is 13.1. The molecule has 1 aromatic rings. The molecule has 0 bridgehead atoms. The van der Waals surface area contributed by atoms with Gasteiger partial charge in [0.1, 0.15) is 0 Å². The molecule has 1 unspecified atom stereocenters. The molecule has 0 saturated heterocycles. The van der Waals surface area contributed by atoms with Crippen molar-refractivity contribution in [3.8, 4) is 0 Å². The van der Waals surface area contributed by atoms with Gasteiger partial charge in [-0.05, 0) is 24.3 Å². The molecule has 17 heavy (non-hydrogen) atoms. The minimum atomic E-state index is 0.150. The molecule has 1 atom stereocenters. The van der Waals surface area contributed by atoms with Crippen molar-refractivity contribution in [1.29, 1.82) is 0 Å². The van der Waals surface area contributed by atoms with E-state index in [1.807, 2.05) is 26.4 Å². The Morgan fingerprint density at radius 3 is 2.24 bits per heavy atom. The lowest BCUT2D eigenvalue weighted by Gasteiger charge is -2.26. The van der Waals surface area contributed by atoms with E-state index in [1.54, 1.807) is 0 Å². The summed E-state index contributed by atoms with van der Waals surface area (Å²) in [6, 6.07) is 0.150. The quantitative estimate of drug-likeness (QED) is 0.867. The second kappa shape index (κ2) is 5.45. The maximum atomic E-state index is 5.74. The zero-order valence-corrected chi connectivity index (χ0v) is 11.6. The Morgan fingerprint density at radius 2 is 1.82 bits per heavy atom. The minimum Gasteiger partial charge on any atom is -0.343 e. The lowest BCUT2D eigenvalue weighted by atomic mass is 9.96. The minimum absolute atomic E-state index is 0.150. The van der Waals surface area contributed by atoms with Crippen LogP contribution in [0.25, 0.3) is 0 Å². The molecule has 1 rings (SSSR count). The maximum Gasteiger partial charge on any atom is 0.225 e. The topological polar surface area (TPSA) is 55.0 Å². The summed E-state index contributed by atoms with van der Waals surface area (Å²) in [6.45, 7) is 9.52. The smallest absolute Gasteiger partial charge is 0.225 e. The SMILES string of the molecule is CC(N)Cc1cnc(N(C)CC(C)(C)C)nc1. The van der Waals surface area contributed by atoms with Crippen LogP contribution in [0.2, 0.25) is 0 Å². The number of nitrogens with zero attached hydrogens (tertiary/aromatic N) is 3. The van der Waals surface area contributed by atoms with Gasteiger partial charge in [0, 0.05) is 32.0 Å². The molecule has 0 spiro atoms. The molecule has 0 fully saturated rings. The molecule has 0 radical (unpaired) electrons. The molecular formula is C13H24N4. The van der Waals surface area contributed by atoms with E-state index in [4.69, 9.17) is 5.73 Å². The highest BCUT2D eigenvalue weighted by Gasteiger charge is 2.15. The molecular weight excluding hydrogens is 212 g/mol. The van der Waals surface area contributed by atoms with E-state index < -0.39 is 0 Å². The van der Waals surface area contributed by atoms with Crippen LogP contribution in [-0.4, -0.2) is 29.6 Å². The van der Waals surface area contributed by atoms with Gasteiger partial charge in [-0.15, -0.1) is 0 Å². The van der Waals surface area contributed by atoms with Gasteiger partial charge in [0.05, 0.1) is 0 Å². The van der Waals surface area contributed by atoms with E-state index >= 15 is 0 Å². The van der Waals surface area contributed by atoms with E-state index in [-0.39, 0.29) is 11.5 Å². The van der Waals surface area contributed by atoms with Gasteiger partial charge in [-0.3, -0.25) is 0 Å². The van der Waals surface area contributed by atoms with Crippen LogP contribution in [0.15, 0.2) is 12.4 Å². The first-order chi connectivity index (χ1) is 7.78. The number of anilines is 1. The maximum absolute atomic E-state index is 5.74. The van der Waals surface area contributed by atoms with Crippen LogP contribution in [0.4, 0.5) is 5.95 Å². The summed E-state index contributed by atoms with van der Waals surface area (Å²) in [5.41, 5.74) is 7.07. The molecule has 1 heterocycles. The van der Waals surface area contributed by atoms with Crippen LogP contribution in [0.3, 0.4) is 0 Å².